The Morgan fingerprint density at radius 1 is 0.674 bits per heavy atom. The van der Waals surface area contributed by atoms with Gasteiger partial charge >= 0.3 is 11.9 Å². The third kappa shape index (κ3) is 9.16. The van der Waals surface area contributed by atoms with Gasteiger partial charge in [-0.1, -0.05) is 60.7 Å². The summed E-state index contributed by atoms with van der Waals surface area (Å²) in [5, 5.41) is 37.0. The van der Waals surface area contributed by atoms with Gasteiger partial charge in [0.15, 0.2) is 0 Å². The number of benzene rings is 3. The Hall–Kier alpha value is -5.69. The topological polar surface area (TPSA) is 224 Å². The van der Waals surface area contributed by atoms with E-state index < -0.39 is 60.2 Å². The molecule has 13 nitrogen and oxygen atoms in total. The van der Waals surface area contributed by atoms with E-state index in [-0.39, 0.29) is 25.0 Å². The van der Waals surface area contributed by atoms with Crippen molar-refractivity contribution in [3.63, 3.8) is 0 Å². The number of phenolic OH excluding ortho intramolecular Hbond substituents is 1. The number of amides is 3. The van der Waals surface area contributed by atoms with Crippen LogP contribution in [0.2, 0.25) is 0 Å². The van der Waals surface area contributed by atoms with Crippen molar-refractivity contribution in [2.75, 3.05) is 0 Å². The summed E-state index contributed by atoms with van der Waals surface area (Å²) in [5.74, 6) is -5.29. The number of hydrogen-bond donors (Lipinski definition) is 8. The van der Waals surface area contributed by atoms with Crippen molar-refractivity contribution in [2.24, 2.45) is 5.73 Å². The lowest BCUT2D eigenvalue weighted by molar-refractivity contribution is -0.143. The van der Waals surface area contributed by atoms with Crippen LogP contribution in [0, 0.1) is 0 Å². The minimum atomic E-state index is -1.59. The fourth-order valence-electron chi connectivity index (χ4n) is 4.97. The first-order valence-electron chi connectivity index (χ1n) is 14.5. The van der Waals surface area contributed by atoms with Crippen LogP contribution in [0.1, 0.15) is 23.1 Å². The molecule has 240 valence electrons. The van der Waals surface area contributed by atoms with Crippen molar-refractivity contribution in [1.29, 1.82) is 0 Å². The molecule has 0 fully saturated rings. The van der Waals surface area contributed by atoms with Gasteiger partial charge in [0.05, 0.1) is 12.5 Å². The Labute approximate surface area is 263 Å². The van der Waals surface area contributed by atoms with E-state index in [1.54, 1.807) is 42.6 Å². The molecule has 46 heavy (non-hydrogen) atoms. The number of para-hydroxylation sites is 1. The Balaban J connectivity index is 1.55. The highest BCUT2D eigenvalue weighted by molar-refractivity contribution is 5.96. The van der Waals surface area contributed by atoms with Crippen LogP contribution in [0.5, 0.6) is 5.75 Å². The van der Waals surface area contributed by atoms with Crippen molar-refractivity contribution in [3.05, 3.63) is 102 Å². The number of aliphatic carboxylic acids is 2. The maximum atomic E-state index is 13.6. The van der Waals surface area contributed by atoms with Crippen molar-refractivity contribution in [3.8, 4) is 5.75 Å². The van der Waals surface area contributed by atoms with Gasteiger partial charge < -0.3 is 42.0 Å². The van der Waals surface area contributed by atoms with Crippen LogP contribution >= 0.6 is 0 Å². The zero-order chi connectivity index (χ0) is 33.2. The second-order valence-corrected chi connectivity index (χ2v) is 10.9. The molecule has 1 aromatic heterocycles. The van der Waals surface area contributed by atoms with Crippen LogP contribution < -0.4 is 21.7 Å². The molecule has 0 saturated carbocycles. The maximum Gasteiger partial charge on any atom is 0.326 e. The predicted molar refractivity (Wildman–Crippen MR) is 168 cm³/mol. The number of H-pyrrole nitrogens is 1. The van der Waals surface area contributed by atoms with Crippen molar-refractivity contribution in [2.45, 2.75) is 49.9 Å². The van der Waals surface area contributed by atoms with E-state index >= 15 is 0 Å². The summed E-state index contributed by atoms with van der Waals surface area (Å²) in [5.41, 5.74) is 8.73. The number of fused-ring (bicyclic) bond motifs is 1. The average Bonchev–Trinajstić information content (AvgIpc) is 3.43. The normalized spacial score (nSPS) is 13.6. The minimum Gasteiger partial charge on any atom is -0.508 e. The third-order valence-electron chi connectivity index (χ3n) is 7.37. The molecule has 0 aliphatic heterocycles. The zero-order valence-electron chi connectivity index (χ0n) is 24.7. The zero-order valence-corrected chi connectivity index (χ0v) is 24.7. The molecule has 0 aliphatic carbocycles. The summed E-state index contributed by atoms with van der Waals surface area (Å²) in [7, 11) is 0. The molecule has 4 atom stereocenters. The Morgan fingerprint density at radius 2 is 1.26 bits per heavy atom. The number of aromatic nitrogens is 1. The summed E-state index contributed by atoms with van der Waals surface area (Å²) in [6, 6.07) is 16.5. The lowest BCUT2D eigenvalue weighted by Gasteiger charge is -2.25. The monoisotopic (exact) mass is 629 g/mol. The molecule has 13 heteroatoms. The molecule has 3 amide bonds. The van der Waals surface area contributed by atoms with Gasteiger partial charge in [0.1, 0.15) is 23.9 Å². The number of nitrogens with one attached hydrogen (secondary N) is 4. The number of nitrogens with two attached hydrogens (primary N) is 1. The molecule has 4 rings (SSSR count). The van der Waals surface area contributed by atoms with Crippen LogP contribution in [0.3, 0.4) is 0 Å². The lowest BCUT2D eigenvalue weighted by atomic mass is 10.0. The van der Waals surface area contributed by atoms with Crippen LogP contribution in [-0.4, -0.2) is 74.1 Å². The number of rotatable bonds is 15. The van der Waals surface area contributed by atoms with Gasteiger partial charge in [0.25, 0.3) is 0 Å². The van der Waals surface area contributed by atoms with Crippen molar-refractivity contribution >= 4 is 40.6 Å². The smallest absolute Gasteiger partial charge is 0.326 e. The number of hydrogen-bond acceptors (Lipinski definition) is 7. The standard InChI is InChI=1S/C33H35N5O8/c34-24(14-19-6-2-1-3-7-19)30(42)36-27(17-29(40)41)32(44)37-26(16-21-18-35-25-9-5-4-8-23(21)25)31(43)38-28(33(45)46)15-20-10-12-22(39)13-11-20/h1-13,18,24,26-28,35,39H,14-17,34H2,(H,36,42)(H,37,44)(H,38,43)(H,40,41)(H,45,46). The van der Waals surface area contributed by atoms with E-state index in [0.717, 1.165) is 16.5 Å². The average molecular weight is 630 g/mol. The predicted octanol–water partition coefficient (Wildman–Crippen LogP) is 1.24. The summed E-state index contributed by atoms with van der Waals surface area (Å²) in [4.78, 5) is 66.9. The van der Waals surface area contributed by atoms with E-state index in [0.29, 0.717) is 11.1 Å². The lowest BCUT2D eigenvalue weighted by Crippen LogP contribution is -2.58. The van der Waals surface area contributed by atoms with Crippen LogP contribution in [0.15, 0.2) is 85.1 Å². The highest BCUT2D eigenvalue weighted by Gasteiger charge is 2.32. The molecule has 9 N–H and O–H groups in total. The van der Waals surface area contributed by atoms with Gasteiger partial charge in [-0.2, -0.15) is 0 Å². The molecule has 0 aliphatic rings. The highest BCUT2D eigenvalue weighted by Crippen LogP contribution is 2.20. The molecular weight excluding hydrogens is 594 g/mol. The molecule has 0 bridgehead atoms. The van der Waals surface area contributed by atoms with Crippen LogP contribution in [0.4, 0.5) is 0 Å². The summed E-state index contributed by atoms with van der Waals surface area (Å²) in [6.07, 6.45) is 0.786. The summed E-state index contributed by atoms with van der Waals surface area (Å²) < 4.78 is 0. The van der Waals surface area contributed by atoms with Gasteiger partial charge in [0.2, 0.25) is 17.7 Å². The molecule has 4 aromatic rings. The van der Waals surface area contributed by atoms with Crippen molar-refractivity contribution < 1.29 is 39.3 Å². The fourth-order valence-corrected chi connectivity index (χ4v) is 4.97. The summed E-state index contributed by atoms with van der Waals surface area (Å²) >= 11 is 0. The number of carboxylic acids is 2. The molecule has 0 saturated heterocycles. The second kappa shape index (κ2) is 15.3. The van der Waals surface area contributed by atoms with Gasteiger partial charge in [-0.05, 0) is 41.3 Å². The molecule has 1 heterocycles. The first-order chi connectivity index (χ1) is 22.0. The SMILES string of the molecule is NC(Cc1ccccc1)C(=O)NC(CC(=O)O)C(=O)NC(Cc1c[nH]c2ccccc12)C(=O)NC(Cc1ccc(O)cc1)C(=O)O. The second-order valence-electron chi connectivity index (χ2n) is 10.9. The minimum absolute atomic E-state index is 0.00908. The summed E-state index contributed by atoms with van der Waals surface area (Å²) in [6.45, 7) is 0. The van der Waals surface area contributed by atoms with Gasteiger partial charge in [-0.15, -0.1) is 0 Å². The van der Waals surface area contributed by atoms with E-state index in [2.05, 4.69) is 20.9 Å². The van der Waals surface area contributed by atoms with Gasteiger partial charge in [-0.25, -0.2) is 4.79 Å². The number of carboxylic acid groups (broad SMARTS) is 2. The largest absolute Gasteiger partial charge is 0.508 e. The first-order valence-corrected chi connectivity index (χ1v) is 14.5. The molecule has 3 aromatic carbocycles. The van der Waals surface area contributed by atoms with E-state index in [1.165, 1.54) is 24.3 Å². The molecule has 0 spiro atoms. The third-order valence-corrected chi connectivity index (χ3v) is 7.37. The van der Waals surface area contributed by atoms with Crippen molar-refractivity contribution in [1.82, 2.24) is 20.9 Å². The first kappa shape index (κ1) is 33.2. The molecule has 0 radical (unpaired) electrons. The van der Waals surface area contributed by atoms with Gasteiger partial charge in [-0.3, -0.25) is 19.2 Å². The number of aromatic hydroxyl groups is 1. The number of carbonyl (C=O) groups excluding carboxylic acids is 3. The van der Waals surface area contributed by atoms with Gasteiger partial charge in [0, 0.05) is 29.9 Å². The number of aromatic amines is 1. The number of phenols is 1. The molecular formula is C33H35N5O8. The van der Waals surface area contributed by atoms with Crippen LogP contribution in [-0.2, 0) is 43.2 Å². The Morgan fingerprint density at radius 3 is 1.93 bits per heavy atom. The quantitative estimate of drug-likeness (QED) is 0.0946. The number of carbonyl (C=O) groups is 5. The Bertz CT molecular complexity index is 1690. The Kier molecular flexibility index (Phi) is 11.1. The van der Waals surface area contributed by atoms with E-state index in [1.807, 2.05) is 18.2 Å². The van der Waals surface area contributed by atoms with E-state index in [9.17, 15) is 39.3 Å². The maximum absolute atomic E-state index is 13.6. The molecule has 4 unspecified atom stereocenters. The van der Waals surface area contributed by atoms with Crippen LogP contribution in [0.25, 0.3) is 10.9 Å². The fraction of sp³-hybridized carbons (Fsp3) is 0.242. The van der Waals surface area contributed by atoms with E-state index in [4.69, 9.17) is 5.73 Å². The highest BCUT2D eigenvalue weighted by atomic mass is 16.4.